The number of hydrogen-bond acceptors (Lipinski definition) is 4. The minimum atomic E-state index is -0.192. The quantitative estimate of drug-likeness (QED) is 0.878. The third kappa shape index (κ3) is 3.48. The molecule has 2 aromatic rings. The zero-order valence-corrected chi connectivity index (χ0v) is 13.4. The van der Waals surface area contributed by atoms with E-state index in [1.807, 2.05) is 35.7 Å². The Labute approximate surface area is 138 Å². The van der Waals surface area contributed by atoms with Gasteiger partial charge in [0, 0.05) is 24.0 Å². The number of likely N-dealkylation sites (tertiary alicyclic amines) is 1. The molecule has 23 heavy (non-hydrogen) atoms. The van der Waals surface area contributed by atoms with Gasteiger partial charge in [-0.1, -0.05) is 36.9 Å². The Bertz CT molecular complexity index is 726. The molecule has 0 spiro atoms. The number of hydrogen-bond donors (Lipinski definition) is 1. The predicted molar refractivity (Wildman–Crippen MR) is 91.1 cm³/mol. The molecule has 1 unspecified atom stereocenters. The largest absolute Gasteiger partial charge is 0.338 e. The topological polar surface area (TPSA) is 62.3 Å². The highest BCUT2D eigenvalue weighted by Gasteiger charge is 2.30. The lowest BCUT2D eigenvalue weighted by Gasteiger charge is -2.13. The van der Waals surface area contributed by atoms with Crippen LogP contribution in [0.15, 0.2) is 48.4 Å². The standard InChI is InChI=1S/C17H17N3O2S/c1-2-15(21)20-9-8-13(10-20)16(22)19-17-18-14(11-23-17)12-6-4-3-5-7-12/h2-7,11,13H,1,8-10H2,(H,18,19,22). The second-order valence-electron chi connectivity index (χ2n) is 5.37. The summed E-state index contributed by atoms with van der Waals surface area (Å²) in [6.07, 6.45) is 1.95. The molecule has 2 amide bonds. The first-order chi connectivity index (χ1) is 11.2. The molecule has 1 aliphatic rings. The first kappa shape index (κ1) is 15.4. The summed E-state index contributed by atoms with van der Waals surface area (Å²) in [4.78, 5) is 30.0. The molecule has 5 nitrogen and oxygen atoms in total. The summed E-state index contributed by atoms with van der Waals surface area (Å²) >= 11 is 1.40. The number of rotatable bonds is 4. The summed E-state index contributed by atoms with van der Waals surface area (Å²) in [6.45, 7) is 4.51. The summed E-state index contributed by atoms with van der Waals surface area (Å²) in [6, 6.07) is 9.83. The van der Waals surface area contributed by atoms with Crippen LogP contribution in [0, 0.1) is 5.92 Å². The van der Waals surface area contributed by atoms with Crippen molar-refractivity contribution >= 4 is 28.3 Å². The van der Waals surface area contributed by atoms with Crippen molar-refractivity contribution in [3.63, 3.8) is 0 Å². The minimum Gasteiger partial charge on any atom is -0.338 e. The van der Waals surface area contributed by atoms with Gasteiger partial charge in [-0.3, -0.25) is 9.59 Å². The second-order valence-corrected chi connectivity index (χ2v) is 6.23. The Morgan fingerprint density at radius 3 is 2.87 bits per heavy atom. The maximum Gasteiger partial charge on any atom is 0.245 e. The molecule has 1 aromatic carbocycles. The summed E-state index contributed by atoms with van der Waals surface area (Å²) in [5, 5.41) is 5.37. The molecule has 0 aliphatic carbocycles. The van der Waals surface area contributed by atoms with Gasteiger partial charge < -0.3 is 10.2 Å². The monoisotopic (exact) mass is 327 g/mol. The normalized spacial score (nSPS) is 17.0. The number of benzene rings is 1. The van der Waals surface area contributed by atoms with Gasteiger partial charge in [0.15, 0.2) is 5.13 Å². The Hall–Kier alpha value is -2.47. The van der Waals surface area contributed by atoms with Gasteiger partial charge >= 0.3 is 0 Å². The number of anilines is 1. The van der Waals surface area contributed by atoms with Crippen LogP contribution in [0.3, 0.4) is 0 Å². The van der Waals surface area contributed by atoms with Gasteiger partial charge in [-0.15, -0.1) is 11.3 Å². The average molecular weight is 327 g/mol. The lowest BCUT2D eigenvalue weighted by molar-refractivity contribution is -0.125. The zero-order valence-electron chi connectivity index (χ0n) is 12.6. The van der Waals surface area contributed by atoms with E-state index in [0.717, 1.165) is 11.3 Å². The van der Waals surface area contributed by atoms with Crippen molar-refractivity contribution in [2.24, 2.45) is 5.92 Å². The minimum absolute atomic E-state index is 0.0849. The molecule has 0 radical (unpaired) electrons. The summed E-state index contributed by atoms with van der Waals surface area (Å²) in [5.74, 6) is -0.401. The van der Waals surface area contributed by atoms with Crippen molar-refractivity contribution in [2.45, 2.75) is 6.42 Å². The van der Waals surface area contributed by atoms with Crippen LogP contribution in [0.5, 0.6) is 0 Å². The number of amides is 2. The van der Waals surface area contributed by atoms with Crippen LogP contribution in [0.25, 0.3) is 11.3 Å². The van der Waals surface area contributed by atoms with Crippen LogP contribution in [-0.4, -0.2) is 34.8 Å². The summed E-state index contributed by atoms with van der Waals surface area (Å²) in [7, 11) is 0. The molecule has 2 heterocycles. The van der Waals surface area contributed by atoms with E-state index < -0.39 is 0 Å². The van der Waals surface area contributed by atoms with E-state index in [1.165, 1.54) is 17.4 Å². The summed E-state index contributed by atoms with van der Waals surface area (Å²) < 4.78 is 0. The Kier molecular flexibility index (Phi) is 4.52. The van der Waals surface area contributed by atoms with Crippen LogP contribution in [-0.2, 0) is 9.59 Å². The van der Waals surface area contributed by atoms with Crippen molar-refractivity contribution in [2.75, 3.05) is 18.4 Å². The molecule has 1 fully saturated rings. The SMILES string of the molecule is C=CC(=O)N1CCC(C(=O)Nc2nc(-c3ccccc3)cs2)C1. The molecule has 6 heteroatoms. The smallest absolute Gasteiger partial charge is 0.245 e. The van der Waals surface area contributed by atoms with Gasteiger partial charge in [0.25, 0.3) is 0 Å². The molecule has 1 aromatic heterocycles. The van der Waals surface area contributed by atoms with Crippen LogP contribution in [0.2, 0.25) is 0 Å². The fourth-order valence-corrected chi connectivity index (χ4v) is 3.31. The van der Waals surface area contributed by atoms with Gasteiger partial charge in [0.05, 0.1) is 11.6 Å². The highest BCUT2D eigenvalue weighted by Crippen LogP contribution is 2.26. The van der Waals surface area contributed by atoms with Gasteiger partial charge in [0.2, 0.25) is 11.8 Å². The Balaban J connectivity index is 1.62. The van der Waals surface area contributed by atoms with E-state index in [9.17, 15) is 9.59 Å². The van der Waals surface area contributed by atoms with Crippen LogP contribution in [0.4, 0.5) is 5.13 Å². The van der Waals surface area contributed by atoms with Gasteiger partial charge in [-0.2, -0.15) is 0 Å². The number of carbonyl (C=O) groups is 2. The fraction of sp³-hybridized carbons (Fsp3) is 0.235. The highest BCUT2D eigenvalue weighted by atomic mass is 32.1. The molecule has 3 rings (SSSR count). The van der Waals surface area contributed by atoms with E-state index in [2.05, 4.69) is 16.9 Å². The van der Waals surface area contributed by atoms with E-state index in [0.29, 0.717) is 24.6 Å². The molecule has 0 bridgehead atoms. The van der Waals surface area contributed by atoms with E-state index in [4.69, 9.17) is 0 Å². The van der Waals surface area contributed by atoms with E-state index in [-0.39, 0.29) is 17.7 Å². The molecule has 1 atom stereocenters. The van der Waals surface area contributed by atoms with Crippen LogP contribution in [0.1, 0.15) is 6.42 Å². The number of aromatic nitrogens is 1. The maximum atomic E-state index is 12.3. The van der Waals surface area contributed by atoms with Crippen molar-refractivity contribution in [3.05, 3.63) is 48.4 Å². The number of nitrogens with one attached hydrogen (secondary N) is 1. The second kappa shape index (κ2) is 6.75. The van der Waals surface area contributed by atoms with E-state index >= 15 is 0 Å². The van der Waals surface area contributed by atoms with E-state index in [1.54, 1.807) is 4.90 Å². The van der Waals surface area contributed by atoms with Gasteiger partial charge in [-0.05, 0) is 12.5 Å². The maximum absolute atomic E-state index is 12.3. The third-order valence-corrected chi connectivity index (χ3v) is 4.61. The third-order valence-electron chi connectivity index (χ3n) is 3.85. The summed E-state index contributed by atoms with van der Waals surface area (Å²) in [5.41, 5.74) is 1.87. The molecular formula is C17H17N3O2S. The molecule has 1 saturated heterocycles. The Morgan fingerprint density at radius 1 is 1.35 bits per heavy atom. The molecule has 1 aliphatic heterocycles. The molecule has 1 N–H and O–H groups in total. The fourth-order valence-electron chi connectivity index (χ4n) is 2.58. The zero-order chi connectivity index (χ0) is 16.2. The number of carbonyl (C=O) groups excluding carboxylic acids is 2. The molecule has 118 valence electrons. The molecule has 0 saturated carbocycles. The number of nitrogens with zero attached hydrogens (tertiary/aromatic N) is 2. The van der Waals surface area contributed by atoms with Crippen molar-refractivity contribution < 1.29 is 9.59 Å². The highest BCUT2D eigenvalue weighted by molar-refractivity contribution is 7.14. The van der Waals surface area contributed by atoms with Crippen LogP contribution < -0.4 is 5.32 Å². The Morgan fingerprint density at radius 2 is 2.13 bits per heavy atom. The first-order valence-corrected chi connectivity index (χ1v) is 8.28. The van der Waals surface area contributed by atoms with Crippen molar-refractivity contribution in [1.82, 2.24) is 9.88 Å². The van der Waals surface area contributed by atoms with Crippen molar-refractivity contribution in [1.29, 1.82) is 0 Å². The predicted octanol–water partition coefficient (Wildman–Crippen LogP) is 2.78. The van der Waals surface area contributed by atoms with Crippen LogP contribution >= 0.6 is 11.3 Å². The van der Waals surface area contributed by atoms with Crippen molar-refractivity contribution in [3.8, 4) is 11.3 Å². The van der Waals surface area contributed by atoms with Gasteiger partial charge in [-0.25, -0.2) is 4.98 Å². The average Bonchev–Trinajstić information content (AvgIpc) is 3.24. The lowest BCUT2D eigenvalue weighted by Crippen LogP contribution is -2.30. The number of thiazole rings is 1. The van der Waals surface area contributed by atoms with Gasteiger partial charge in [0.1, 0.15) is 0 Å². The molecular weight excluding hydrogens is 310 g/mol. The lowest BCUT2D eigenvalue weighted by atomic mass is 10.1. The first-order valence-electron chi connectivity index (χ1n) is 7.40.